The lowest BCUT2D eigenvalue weighted by Crippen LogP contribution is -2.33. The Morgan fingerprint density at radius 3 is 2.73 bits per heavy atom. The van der Waals surface area contributed by atoms with Gasteiger partial charge in [-0.1, -0.05) is 30.3 Å². The highest BCUT2D eigenvalue weighted by Gasteiger charge is 2.18. The average molecular weight is 298 g/mol. The van der Waals surface area contributed by atoms with Crippen LogP contribution in [0, 0.1) is 5.92 Å². The lowest BCUT2D eigenvalue weighted by atomic mass is 10.1. The van der Waals surface area contributed by atoms with Gasteiger partial charge in [0.15, 0.2) is 0 Å². The Bertz CT molecular complexity index is 703. The zero-order valence-corrected chi connectivity index (χ0v) is 12.2. The Morgan fingerprint density at radius 1 is 1.23 bits per heavy atom. The van der Waals surface area contributed by atoms with Crippen LogP contribution in [0.3, 0.4) is 0 Å². The topological polar surface area (TPSA) is 71.2 Å². The molecule has 2 aromatic rings. The van der Waals surface area contributed by atoms with E-state index in [1.54, 1.807) is 12.1 Å². The first-order chi connectivity index (χ1) is 10.7. The van der Waals surface area contributed by atoms with E-state index < -0.39 is 0 Å². The van der Waals surface area contributed by atoms with Crippen LogP contribution < -0.4 is 10.9 Å². The second-order valence-corrected chi connectivity index (χ2v) is 5.42. The molecule has 0 spiro atoms. The van der Waals surface area contributed by atoms with Gasteiger partial charge < -0.3 is 15.0 Å². The maximum absolute atomic E-state index is 12.1. The molecule has 2 N–H and O–H groups in total. The molecule has 0 saturated carbocycles. The quantitative estimate of drug-likeness (QED) is 0.904. The summed E-state index contributed by atoms with van der Waals surface area (Å²) in [7, 11) is 0. The third-order valence-corrected chi connectivity index (χ3v) is 3.81. The smallest absolute Gasteiger partial charge is 0.261 e. The minimum Gasteiger partial charge on any atom is -0.381 e. The van der Waals surface area contributed by atoms with E-state index in [4.69, 9.17) is 4.74 Å². The van der Waals surface area contributed by atoms with Gasteiger partial charge in [-0.3, -0.25) is 9.59 Å². The van der Waals surface area contributed by atoms with E-state index in [0.717, 1.165) is 18.6 Å². The highest BCUT2D eigenvalue weighted by Crippen LogP contribution is 2.15. The molecule has 5 nitrogen and oxygen atoms in total. The van der Waals surface area contributed by atoms with E-state index in [9.17, 15) is 9.59 Å². The van der Waals surface area contributed by atoms with Crippen molar-refractivity contribution in [2.45, 2.75) is 6.42 Å². The summed E-state index contributed by atoms with van der Waals surface area (Å²) in [5.74, 6) is -0.000569. The molecular formula is C17H18N2O3. The third-order valence-electron chi connectivity index (χ3n) is 3.81. The number of carbonyl (C=O) groups excluding carboxylic acids is 1. The molecule has 1 fully saturated rings. The number of H-pyrrole nitrogens is 1. The standard InChI is InChI=1S/C17H18N2O3/c20-16(18-10-12-8-9-22-11-12)14-6-7-15(19-17(14)21)13-4-2-1-3-5-13/h1-7,12H,8-11H2,(H,18,20)(H,19,21)/t12-/m1/s1. The van der Waals surface area contributed by atoms with Gasteiger partial charge in [-0.2, -0.15) is 0 Å². The maximum atomic E-state index is 12.1. The Kier molecular flexibility index (Phi) is 4.34. The lowest BCUT2D eigenvalue weighted by molar-refractivity contribution is 0.0943. The van der Waals surface area contributed by atoms with Crippen molar-refractivity contribution in [1.82, 2.24) is 10.3 Å². The van der Waals surface area contributed by atoms with Crippen molar-refractivity contribution >= 4 is 5.91 Å². The van der Waals surface area contributed by atoms with Crippen molar-refractivity contribution in [1.29, 1.82) is 0 Å². The summed E-state index contributed by atoms with van der Waals surface area (Å²) < 4.78 is 5.26. The maximum Gasteiger partial charge on any atom is 0.261 e. The zero-order valence-electron chi connectivity index (χ0n) is 12.2. The van der Waals surface area contributed by atoms with E-state index in [-0.39, 0.29) is 17.0 Å². The minimum atomic E-state index is -0.374. The number of hydrogen-bond donors (Lipinski definition) is 2. The first-order valence-electron chi connectivity index (χ1n) is 7.39. The van der Waals surface area contributed by atoms with Crippen molar-refractivity contribution in [3.63, 3.8) is 0 Å². The fourth-order valence-electron chi connectivity index (χ4n) is 2.52. The van der Waals surface area contributed by atoms with E-state index in [2.05, 4.69) is 10.3 Å². The number of hydrogen-bond acceptors (Lipinski definition) is 3. The van der Waals surface area contributed by atoms with Crippen molar-refractivity contribution in [2.75, 3.05) is 19.8 Å². The highest BCUT2D eigenvalue weighted by molar-refractivity contribution is 5.94. The lowest BCUT2D eigenvalue weighted by Gasteiger charge is -2.09. The molecule has 1 aromatic carbocycles. The number of aromatic nitrogens is 1. The number of amides is 1. The molecule has 114 valence electrons. The van der Waals surface area contributed by atoms with Crippen LogP contribution >= 0.6 is 0 Å². The van der Waals surface area contributed by atoms with Crippen LogP contribution in [-0.4, -0.2) is 30.6 Å². The fraction of sp³-hybridized carbons (Fsp3) is 0.294. The molecule has 1 amide bonds. The van der Waals surface area contributed by atoms with Gasteiger partial charge in [-0.05, 0) is 24.1 Å². The molecule has 1 saturated heterocycles. The Labute approximate surface area is 128 Å². The van der Waals surface area contributed by atoms with E-state index in [1.165, 1.54) is 0 Å². The SMILES string of the molecule is O=C(NC[C@H]1CCOC1)c1ccc(-c2ccccc2)[nH]c1=O. The first-order valence-corrected chi connectivity index (χ1v) is 7.39. The monoisotopic (exact) mass is 298 g/mol. The average Bonchev–Trinajstić information content (AvgIpc) is 3.07. The number of nitrogens with one attached hydrogen (secondary N) is 2. The van der Waals surface area contributed by atoms with Gasteiger partial charge >= 0.3 is 0 Å². The number of rotatable bonds is 4. The summed E-state index contributed by atoms with van der Waals surface area (Å²) in [5, 5.41) is 2.80. The van der Waals surface area contributed by atoms with Crippen LogP contribution in [0.5, 0.6) is 0 Å². The van der Waals surface area contributed by atoms with Gasteiger partial charge in [0, 0.05) is 24.8 Å². The highest BCUT2D eigenvalue weighted by atomic mass is 16.5. The van der Waals surface area contributed by atoms with Crippen LogP contribution in [0.2, 0.25) is 0 Å². The van der Waals surface area contributed by atoms with Crippen LogP contribution in [0.15, 0.2) is 47.3 Å². The van der Waals surface area contributed by atoms with Crippen LogP contribution in [0.1, 0.15) is 16.8 Å². The van der Waals surface area contributed by atoms with Gasteiger partial charge in [-0.25, -0.2) is 0 Å². The minimum absolute atomic E-state index is 0.138. The second kappa shape index (κ2) is 6.58. The van der Waals surface area contributed by atoms with E-state index in [0.29, 0.717) is 24.8 Å². The number of ether oxygens (including phenoxy) is 1. The van der Waals surface area contributed by atoms with Crippen LogP contribution in [-0.2, 0) is 4.74 Å². The van der Waals surface area contributed by atoms with Crippen molar-refractivity contribution in [2.24, 2.45) is 5.92 Å². The Hall–Kier alpha value is -2.40. The van der Waals surface area contributed by atoms with Gasteiger partial charge in [0.1, 0.15) is 5.56 Å². The number of benzene rings is 1. The molecule has 5 heteroatoms. The summed E-state index contributed by atoms with van der Waals surface area (Å²) in [6, 6.07) is 12.9. The molecule has 0 unspecified atom stereocenters. The Morgan fingerprint density at radius 2 is 2.05 bits per heavy atom. The van der Waals surface area contributed by atoms with Crippen molar-refractivity contribution in [3.8, 4) is 11.3 Å². The molecule has 0 radical (unpaired) electrons. The summed E-state index contributed by atoms with van der Waals surface area (Å²) in [6.45, 7) is 1.95. The molecule has 1 aliphatic heterocycles. The molecule has 22 heavy (non-hydrogen) atoms. The number of pyridine rings is 1. The number of carbonyl (C=O) groups is 1. The number of aromatic amines is 1. The largest absolute Gasteiger partial charge is 0.381 e. The van der Waals surface area contributed by atoms with Gasteiger partial charge in [-0.15, -0.1) is 0 Å². The van der Waals surface area contributed by atoms with Gasteiger partial charge in [0.05, 0.1) is 6.61 Å². The summed E-state index contributed by atoms with van der Waals surface area (Å²) in [5.41, 5.74) is 1.38. The molecule has 0 bridgehead atoms. The van der Waals surface area contributed by atoms with Crippen LogP contribution in [0.4, 0.5) is 0 Å². The molecule has 1 aromatic heterocycles. The summed E-state index contributed by atoms with van der Waals surface area (Å²) in [6.07, 6.45) is 0.948. The van der Waals surface area contributed by atoms with E-state index in [1.807, 2.05) is 30.3 Å². The molecule has 1 aliphatic rings. The molecule has 1 atom stereocenters. The molecule has 2 heterocycles. The summed E-state index contributed by atoms with van der Waals surface area (Å²) in [4.78, 5) is 27.0. The summed E-state index contributed by atoms with van der Waals surface area (Å²) >= 11 is 0. The van der Waals surface area contributed by atoms with E-state index >= 15 is 0 Å². The van der Waals surface area contributed by atoms with Gasteiger partial charge in [0.2, 0.25) is 0 Å². The molecule has 0 aliphatic carbocycles. The Balaban J connectivity index is 1.71. The molecular weight excluding hydrogens is 280 g/mol. The second-order valence-electron chi connectivity index (χ2n) is 5.42. The van der Waals surface area contributed by atoms with Crippen molar-refractivity contribution < 1.29 is 9.53 Å². The predicted octanol–water partition coefficient (Wildman–Crippen LogP) is 1.81. The first kappa shape index (κ1) is 14.5. The van der Waals surface area contributed by atoms with Crippen molar-refractivity contribution in [3.05, 3.63) is 58.4 Å². The zero-order chi connectivity index (χ0) is 15.4. The normalized spacial score (nSPS) is 17.4. The van der Waals surface area contributed by atoms with Gasteiger partial charge in [0.25, 0.3) is 11.5 Å². The fourth-order valence-corrected chi connectivity index (χ4v) is 2.52. The predicted molar refractivity (Wildman–Crippen MR) is 83.8 cm³/mol. The molecule has 3 rings (SSSR count). The third kappa shape index (κ3) is 3.26. The van der Waals surface area contributed by atoms with Crippen LogP contribution in [0.25, 0.3) is 11.3 Å².